The molecule has 2 rings (SSSR count). The highest BCUT2D eigenvalue weighted by Gasteiger charge is 2.25. The van der Waals surface area contributed by atoms with Gasteiger partial charge in [-0.25, -0.2) is 4.68 Å². The number of hydrogen-bond acceptors (Lipinski definition) is 4. The quantitative estimate of drug-likeness (QED) is 0.839. The number of carbonyl (C=O) groups excluding carboxylic acids is 1. The summed E-state index contributed by atoms with van der Waals surface area (Å²) < 4.78 is 7.32. The molecule has 0 radical (unpaired) electrons. The molecule has 1 aliphatic rings. The van der Waals surface area contributed by atoms with Gasteiger partial charge >= 0.3 is 0 Å². The molecule has 124 valence electrons. The van der Waals surface area contributed by atoms with E-state index in [9.17, 15) is 4.79 Å². The average molecular weight is 308 g/mol. The fourth-order valence-corrected chi connectivity index (χ4v) is 2.87. The minimum absolute atomic E-state index is 0.174. The van der Waals surface area contributed by atoms with Crippen LogP contribution in [0.15, 0.2) is 0 Å². The van der Waals surface area contributed by atoms with Crippen LogP contribution < -0.4 is 5.32 Å². The lowest BCUT2D eigenvalue weighted by Gasteiger charge is -2.26. The molecule has 6 heteroatoms. The maximum Gasteiger partial charge on any atom is 0.273 e. The highest BCUT2D eigenvalue weighted by molar-refractivity contribution is 5.93. The first-order valence-electron chi connectivity index (χ1n) is 8.22. The standard InChI is InChI=1S/C16H28N4O2/c1-5-16(3,22-4)11-17-15(21)14-12(2)20(19-18-14)10-13-8-6-7-9-13/h13H,5-11H2,1-4H3,(H,17,21). The lowest BCUT2D eigenvalue weighted by molar-refractivity contribution is 0.00406. The lowest BCUT2D eigenvalue weighted by Crippen LogP contribution is -2.41. The highest BCUT2D eigenvalue weighted by atomic mass is 16.5. The molecule has 1 heterocycles. The van der Waals surface area contributed by atoms with Gasteiger partial charge in [0, 0.05) is 20.2 Å². The number of nitrogens with one attached hydrogen (secondary N) is 1. The third-order valence-electron chi connectivity index (χ3n) is 4.97. The molecule has 1 fully saturated rings. The van der Waals surface area contributed by atoms with Gasteiger partial charge in [-0.05, 0) is 39.0 Å². The minimum atomic E-state index is -0.344. The van der Waals surface area contributed by atoms with Crippen LogP contribution in [-0.2, 0) is 11.3 Å². The van der Waals surface area contributed by atoms with Crippen LogP contribution in [0.25, 0.3) is 0 Å². The van der Waals surface area contributed by atoms with E-state index in [4.69, 9.17) is 4.74 Å². The largest absolute Gasteiger partial charge is 0.377 e. The normalized spacial score (nSPS) is 18.4. The van der Waals surface area contributed by atoms with Crippen molar-refractivity contribution in [3.8, 4) is 0 Å². The van der Waals surface area contributed by atoms with Crippen LogP contribution in [0, 0.1) is 12.8 Å². The first kappa shape index (κ1) is 16.9. The Morgan fingerprint density at radius 3 is 2.73 bits per heavy atom. The Morgan fingerprint density at radius 2 is 2.14 bits per heavy atom. The molecule has 1 unspecified atom stereocenters. The number of rotatable bonds is 7. The van der Waals surface area contributed by atoms with E-state index >= 15 is 0 Å². The van der Waals surface area contributed by atoms with Crippen LogP contribution in [0.3, 0.4) is 0 Å². The first-order valence-corrected chi connectivity index (χ1v) is 8.22. The van der Waals surface area contributed by atoms with E-state index in [0.29, 0.717) is 18.2 Å². The Morgan fingerprint density at radius 1 is 1.45 bits per heavy atom. The van der Waals surface area contributed by atoms with Crippen LogP contribution in [0.2, 0.25) is 0 Å². The van der Waals surface area contributed by atoms with Crippen molar-refractivity contribution >= 4 is 5.91 Å². The molecule has 0 aliphatic heterocycles. The van der Waals surface area contributed by atoms with Crippen molar-refractivity contribution in [2.75, 3.05) is 13.7 Å². The molecule has 1 N–H and O–H groups in total. The van der Waals surface area contributed by atoms with Gasteiger partial charge in [0.2, 0.25) is 0 Å². The lowest BCUT2D eigenvalue weighted by atomic mass is 10.0. The van der Waals surface area contributed by atoms with Crippen molar-refractivity contribution in [1.29, 1.82) is 0 Å². The van der Waals surface area contributed by atoms with Crippen LogP contribution in [0.4, 0.5) is 0 Å². The molecule has 1 saturated carbocycles. The summed E-state index contributed by atoms with van der Waals surface area (Å²) in [6, 6.07) is 0. The van der Waals surface area contributed by atoms with Gasteiger partial charge in [-0.1, -0.05) is 25.0 Å². The predicted octanol–water partition coefficient (Wildman–Crippen LogP) is 2.32. The second-order valence-electron chi connectivity index (χ2n) is 6.55. The van der Waals surface area contributed by atoms with Gasteiger partial charge in [0.25, 0.3) is 5.91 Å². The Bertz CT molecular complexity index is 502. The molecule has 1 aromatic rings. The van der Waals surface area contributed by atoms with Crippen LogP contribution in [0.1, 0.15) is 62.1 Å². The molecule has 0 spiro atoms. The van der Waals surface area contributed by atoms with Crippen LogP contribution >= 0.6 is 0 Å². The Hall–Kier alpha value is -1.43. The van der Waals surface area contributed by atoms with Gasteiger partial charge in [0.1, 0.15) is 0 Å². The first-order chi connectivity index (χ1) is 10.5. The van der Waals surface area contributed by atoms with Crippen molar-refractivity contribution in [3.05, 3.63) is 11.4 Å². The summed E-state index contributed by atoms with van der Waals surface area (Å²) >= 11 is 0. The summed E-state index contributed by atoms with van der Waals surface area (Å²) in [5.74, 6) is 0.500. The monoisotopic (exact) mass is 308 g/mol. The highest BCUT2D eigenvalue weighted by Crippen LogP contribution is 2.26. The van der Waals surface area contributed by atoms with E-state index in [0.717, 1.165) is 18.7 Å². The van der Waals surface area contributed by atoms with E-state index in [-0.39, 0.29) is 11.5 Å². The fourth-order valence-electron chi connectivity index (χ4n) is 2.87. The summed E-state index contributed by atoms with van der Waals surface area (Å²) in [5, 5.41) is 11.1. The van der Waals surface area contributed by atoms with E-state index in [2.05, 4.69) is 15.6 Å². The molecular formula is C16H28N4O2. The predicted molar refractivity (Wildman–Crippen MR) is 84.8 cm³/mol. The SMILES string of the molecule is CCC(C)(CNC(=O)c1nnn(CC2CCCC2)c1C)OC. The van der Waals surface area contributed by atoms with Gasteiger partial charge < -0.3 is 10.1 Å². The number of methoxy groups -OCH3 is 1. The van der Waals surface area contributed by atoms with Gasteiger partial charge in [-0.3, -0.25) is 4.79 Å². The summed E-state index contributed by atoms with van der Waals surface area (Å²) in [7, 11) is 1.67. The smallest absolute Gasteiger partial charge is 0.273 e. The molecule has 1 aliphatic carbocycles. The van der Waals surface area contributed by atoms with E-state index in [1.807, 2.05) is 25.5 Å². The van der Waals surface area contributed by atoms with E-state index in [1.165, 1.54) is 25.7 Å². The van der Waals surface area contributed by atoms with Gasteiger partial charge in [-0.15, -0.1) is 5.10 Å². The summed E-state index contributed by atoms with van der Waals surface area (Å²) in [6.07, 6.45) is 5.95. The van der Waals surface area contributed by atoms with Crippen molar-refractivity contribution < 1.29 is 9.53 Å². The van der Waals surface area contributed by atoms with Crippen molar-refractivity contribution in [3.63, 3.8) is 0 Å². The molecule has 22 heavy (non-hydrogen) atoms. The van der Waals surface area contributed by atoms with E-state index in [1.54, 1.807) is 7.11 Å². The molecule has 1 amide bonds. The Labute approximate surface area is 132 Å². The number of hydrogen-bond donors (Lipinski definition) is 1. The molecule has 0 aromatic carbocycles. The maximum absolute atomic E-state index is 12.3. The van der Waals surface area contributed by atoms with Gasteiger partial charge in [0.15, 0.2) is 5.69 Å². The summed E-state index contributed by atoms with van der Waals surface area (Å²) in [5.41, 5.74) is 0.927. The summed E-state index contributed by atoms with van der Waals surface area (Å²) in [4.78, 5) is 12.3. The zero-order valence-electron chi connectivity index (χ0n) is 14.2. The zero-order chi connectivity index (χ0) is 16.2. The van der Waals surface area contributed by atoms with Crippen LogP contribution in [-0.4, -0.2) is 40.2 Å². The number of nitrogens with zero attached hydrogens (tertiary/aromatic N) is 3. The maximum atomic E-state index is 12.3. The number of carbonyl (C=O) groups is 1. The number of ether oxygens (including phenoxy) is 1. The third-order valence-corrected chi connectivity index (χ3v) is 4.97. The van der Waals surface area contributed by atoms with Crippen molar-refractivity contribution in [2.24, 2.45) is 5.92 Å². The average Bonchev–Trinajstić information content (AvgIpc) is 3.16. The second-order valence-corrected chi connectivity index (χ2v) is 6.55. The van der Waals surface area contributed by atoms with Crippen molar-refractivity contribution in [2.45, 2.75) is 65.0 Å². The molecule has 1 aromatic heterocycles. The summed E-state index contributed by atoms with van der Waals surface area (Å²) in [6.45, 7) is 7.28. The second kappa shape index (κ2) is 7.22. The third kappa shape index (κ3) is 3.85. The molecule has 0 saturated heterocycles. The fraction of sp³-hybridized carbons (Fsp3) is 0.812. The van der Waals surface area contributed by atoms with Gasteiger partial charge in [-0.2, -0.15) is 0 Å². The molecule has 1 atom stereocenters. The molecule has 6 nitrogen and oxygen atoms in total. The Kier molecular flexibility index (Phi) is 5.56. The number of aromatic nitrogens is 3. The zero-order valence-corrected chi connectivity index (χ0v) is 14.2. The molecular weight excluding hydrogens is 280 g/mol. The molecule has 0 bridgehead atoms. The minimum Gasteiger partial charge on any atom is -0.377 e. The number of amides is 1. The topological polar surface area (TPSA) is 69.0 Å². The van der Waals surface area contributed by atoms with Crippen LogP contribution in [0.5, 0.6) is 0 Å². The van der Waals surface area contributed by atoms with Gasteiger partial charge in [0.05, 0.1) is 11.3 Å². The Balaban J connectivity index is 1.97. The van der Waals surface area contributed by atoms with Crippen molar-refractivity contribution in [1.82, 2.24) is 20.3 Å². The van der Waals surface area contributed by atoms with E-state index < -0.39 is 0 Å².